The minimum atomic E-state index is -0.889. The van der Waals surface area contributed by atoms with Crippen LogP contribution in [0.4, 0.5) is 5.69 Å². The third-order valence-corrected chi connectivity index (χ3v) is 4.21. The van der Waals surface area contributed by atoms with Crippen molar-refractivity contribution in [2.75, 3.05) is 31.6 Å². The Balaban J connectivity index is 1.69. The van der Waals surface area contributed by atoms with Crippen LogP contribution in [0.3, 0.4) is 0 Å². The van der Waals surface area contributed by atoms with E-state index in [4.69, 9.17) is 16.3 Å². The summed E-state index contributed by atoms with van der Waals surface area (Å²) in [6.07, 6.45) is 1.21. The number of amides is 2. The maximum atomic E-state index is 12.6. The molecule has 0 bridgehead atoms. The standard InChI is InChI=1S/C15H17ClN2O3/c16-11-2-1-3-12(10-11)17-13(19)15(4-5-15)14(20)18-6-8-21-9-7-18/h1-3,10H,4-9H2,(H,17,19). The molecule has 1 aliphatic carbocycles. The molecule has 1 aliphatic heterocycles. The molecule has 0 aromatic heterocycles. The van der Waals surface area contributed by atoms with Crippen LogP contribution in [-0.2, 0) is 14.3 Å². The van der Waals surface area contributed by atoms with Gasteiger partial charge >= 0.3 is 0 Å². The van der Waals surface area contributed by atoms with Gasteiger partial charge in [0.2, 0.25) is 11.8 Å². The number of hydrogen-bond donors (Lipinski definition) is 1. The summed E-state index contributed by atoms with van der Waals surface area (Å²) in [5.41, 5.74) is -0.270. The van der Waals surface area contributed by atoms with Crippen molar-refractivity contribution < 1.29 is 14.3 Å². The number of benzene rings is 1. The van der Waals surface area contributed by atoms with E-state index >= 15 is 0 Å². The van der Waals surface area contributed by atoms with Crippen LogP contribution in [0.2, 0.25) is 5.02 Å². The minimum Gasteiger partial charge on any atom is -0.378 e. The highest BCUT2D eigenvalue weighted by molar-refractivity contribution is 6.31. The van der Waals surface area contributed by atoms with E-state index in [1.54, 1.807) is 29.2 Å². The summed E-state index contributed by atoms with van der Waals surface area (Å²) in [5, 5.41) is 3.36. The summed E-state index contributed by atoms with van der Waals surface area (Å²) >= 11 is 5.90. The van der Waals surface area contributed by atoms with Crippen LogP contribution >= 0.6 is 11.6 Å². The number of carbonyl (C=O) groups is 2. The number of carbonyl (C=O) groups excluding carboxylic acids is 2. The molecule has 1 aromatic rings. The highest BCUT2D eigenvalue weighted by atomic mass is 35.5. The Bertz CT molecular complexity index is 566. The number of anilines is 1. The predicted octanol–water partition coefficient (Wildman–Crippen LogP) is 1.92. The lowest BCUT2D eigenvalue weighted by molar-refractivity contribution is -0.145. The van der Waals surface area contributed by atoms with E-state index < -0.39 is 5.41 Å². The van der Waals surface area contributed by atoms with Gasteiger partial charge < -0.3 is 15.0 Å². The van der Waals surface area contributed by atoms with Gasteiger partial charge in [-0.3, -0.25) is 9.59 Å². The first-order valence-electron chi connectivity index (χ1n) is 7.06. The summed E-state index contributed by atoms with van der Waals surface area (Å²) in [6, 6.07) is 6.94. The first-order chi connectivity index (χ1) is 10.1. The van der Waals surface area contributed by atoms with E-state index in [1.807, 2.05) is 0 Å². The number of ether oxygens (including phenoxy) is 1. The third-order valence-electron chi connectivity index (χ3n) is 3.97. The zero-order valence-corrected chi connectivity index (χ0v) is 12.4. The molecule has 3 rings (SSSR count). The molecule has 0 unspecified atom stereocenters. The summed E-state index contributed by atoms with van der Waals surface area (Å²) in [4.78, 5) is 26.8. The van der Waals surface area contributed by atoms with Crippen LogP contribution < -0.4 is 5.32 Å². The van der Waals surface area contributed by atoms with Crippen molar-refractivity contribution in [3.05, 3.63) is 29.3 Å². The fourth-order valence-corrected chi connectivity index (χ4v) is 2.74. The van der Waals surface area contributed by atoms with Gasteiger partial charge in [-0.05, 0) is 31.0 Å². The number of rotatable bonds is 3. The minimum absolute atomic E-state index is 0.0784. The molecular weight excluding hydrogens is 292 g/mol. The summed E-state index contributed by atoms with van der Waals surface area (Å²) < 4.78 is 5.24. The van der Waals surface area contributed by atoms with E-state index in [0.717, 1.165) is 0 Å². The smallest absolute Gasteiger partial charge is 0.240 e. The molecule has 1 saturated heterocycles. The maximum absolute atomic E-state index is 12.6. The SMILES string of the molecule is O=C(Nc1cccc(Cl)c1)C1(C(=O)N2CCOCC2)CC1. The predicted molar refractivity (Wildman–Crippen MR) is 79.1 cm³/mol. The van der Waals surface area contributed by atoms with Crippen LogP contribution in [0.1, 0.15) is 12.8 Å². The molecule has 5 nitrogen and oxygen atoms in total. The van der Waals surface area contributed by atoms with Gasteiger partial charge in [0.05, 0.1) is 13.2 Å². The number of hydrogen-bond acceptors (Lipinski definition) is 3. The van der Waals surface area contributed by atoms with Gasteiger partial charge in [-0.25, -0.2) is 0 Å². The second kappa shape index (κ2) is 5.66. The van der Waals surface area contributed by atoms with Gasteiger partial charge in [-0.1, -0.05) is 17.7 Å². The summed E-state index contributed by atoms with van der Waals surface area (Å²) in [6.45, 7) is 2.20. The molecule has 2 fully saturated rings. The molecule has 1 heterocycles. The second-order valence-electron chi connectivity index (χ2n) is 5.45. The monoisotopic (exact) mass is 308 g/mol. The lowest BCUT2D eigenvalue weighted by Crippen LogP contribution is -2.47. The third kappa shape index (κ3) is 2.89. The van der Waals surface area contributed by atoms with Crippen LogP contribution in [0.5, 0.6) is 0 Å². The van der Waals surface area contributed by atoms with E-state index in [1.165, 1.54) is 0 Å². The Kier molecular flexibility index (Phi) is 3.87. The van der Waals surface area contributed by atoms with Crippen LogP contribution in [0.25, 0.3) is 0 Å². The average molecular weight is 309 g/mol. The molecule has 112 valence electrons. The van der Waals surface area contributed by atoms with Gasteiger partial charge in [0.1, 0.15) is 5.41 Å². The van der Waals surface area contributed by atoms with Crippen molar-refractivity contribution >= 4 is 29.1 Å². The molecule has 0 radical (unpaired) electrons. The Hall–Kier alpha value is -1.59. The molecule has 6 heteroatoms. The Labute approximate surface area is 128 Å². The van der Waals surface area contributed by atoms with Gasteiger partial charge in [0.15, 0.2) is 0 Å². The first-order valence-corrected chi connectivity index (χ1v) is 7.44. The summed E-state index contributed by atoms with van der Waals surface area (Å²) in [7, 11) is 0. The molecule has 1 saturated carbocycles. The molecule has 2 aliphatic rings. The molecule has 1 N–H and O–H groups in total. The fraction of sp³-hybridized carbons (Fsp3) is 0.467. The maximum Gasteiger partial charge on any atom is 0.240 e. The number of halogens is 1. The number of morpholine rings is 1. The zero-order valence-electron chi connectivity index (χ0n) is 11.6. The number of nitrogens with zero attached hydrogens (tertiary/aromatic N) is 1. The lowest BCUT2D eigenvalue weighted by Gasteiger charge is -2.30. The summed E-state index contributed by atoms with van der Waals surface area (Å²) in [5.74, 6) is -0.313. The van der Waals surface area contributed by atoms with E-state index in [2.05, 4.69) is 5.32 Å². The fourth-order valence-electron chi connectivity index (χ4n) is 2.55. The van der Waals surface area contributed by atoms with Crippen LogP contribution in [0.15, 0.2) is 24.3 Å². The normalized spacial score (nSPS) is 20.0. The van der Waals surface area contributed by atoms with Crippen LogP contribution in [0, 0.1) is 5.41 Å². The zero-order chi connectivity index (χ0) is 14.9. The Morgan fingerprint density at radius 2 is 1.95 bits per heavy atom. The van der Waals surface area contributed by atoms with Crippen molar-refractivity contribution in [1.82, 2.24) is 4.90 Å². The quantitative estimate of drug-likeness (QED) is 0.868. The van der Waals surface area contributed by atoms with Gasteiger partial charge in [0.25, 0.3) is 0 Å². The Morgan fingerprint density at radius 3 is 2.57 bits per heavy atom. The highest BCUT2D eigenvalue weighted by Gasteiger charge is 2.58. The van der Waals surface area contributed by atoms with Crippen molar-refractivity contribution in [2.45, 2.75) is 12.8 Å². The molecule has 21 heavy (non-hydrogen) atoms. The van der Waals surface area contributed by atoms with E-state index in [0.29, 0.717) is 49.9 Å². The topological polar surface area (TPSA) is 58.6 Å². The van der Waals surface area contributed by atoms with Gasteiger partial charge in [-0.2, -0.15) is 0 Å². The molecule has 2 amide bonds. The molecule has 1 aromatic carbocycles. The van der Waals surface area contributed by atoms with Crippen LogP contribution in [-0.4, -0.2) is 43.0 Å². The van der Waals surface area contributed by atoms with Crippen molar-refractivity contribution in [3.8, 4) is 0 Å². The average Bonchev–Trinajstić information content (AvgIpc) is 3.29. The van der Waals surface area contributed by atoms with Gasteiger partial charge in [-0.15, -0.1) is 0 Å². The van der Waals surface area contributed by atoms with E-state index in [-0.39, 0.29) is 11.8 Å². The van der Waals surface area contributed by atoms with Crippen molar-refractivity contribution in [2.24, 2.45) is 5.41 Å². The van der Waals surface area contributed by atoms with Crippen molar-refractivity contribution in [3.63, 3.8) is 0 Å². The lowest BCUT2D eigenvalue weighted by atomic mass is 10.0. The molecule has 0 atom stereocenters. The number of nitrogens with one attached hydrogen (secondary N) is 1. The van der Waals surface area contributed by atoms with Crippen molar-refractivity contribution in [1.29, 1.82) is 0 Å². The molecule has 0 spiro atoms. The van der Waals surface area contributed by atoms with E-state index in [9.17, 15) is 9.59 Å². The largest absolute Gasteiger partial charge is 0.378 e. The second-order valence-corrected chi connectivity index (χ2v) is 5.89. The Morgan fingerprint density at radius 1 is 1.24 bits per heavy atom. The molecular formula is C15H17ClN2O3. The first kappa shape index (κ1) is 14.4. The van der Waals surface area contributed by atoms with Gasteiger partial charge in [0, 0.05) is 23.8 Å². The highest BCUT2D eigenvalue weighted by Crippen LogP contribution is 2.48.